The number of aromatic nitrogens is 4. The molecular formula is C17H14N6OS. The van der Waals surface area contributed by atoms with E-state index < -0.39 is 5.25 Å². The SMILES string of the molecule is CC1=NN(c2ccccc2)C(=O)[C@H]1Sc1nnnn1-c1ccccc1. The lowest BCUT2D eigenvalue weighted by atomic mass is 10.3. The molecule has 1 aromatic heterocycles. The standard InChI is InChI=1S/C17H14N6OS/c1-12-15(16(24)22(19-12)13-8-4-2-5-9-13)25-17-18-20-21-23(17)14-10-6-3-7-11-14/h2-11,15H,1H3/t15-/m0/s1. The lowest BCUT2D eigenvalue weighted by Gasteiger charge is -2.13. The minimum absolute atomic E-state index is 0.101. The van der Waals surface area contributed by atoms with E-state index in [1.165, 1.54) is 16.8 Å². The van der Waals surface area contributed by atoms with E-state index >= 15 is 0 Å². The molecule has 0 N–H and O–H groups in total. The predicted octanol–water partition coefficient (Wildman–Crippen LogP) is 2.55. The van der Waals surface area contributed by atoms with Gasteiger partial charge in [-0.05, 0) is 41.6 Å². The molecule has 7 nitrogen and oxygen atoms in total. The summed E-state index contributed by atoms with van der Waals surface area (Å²) in [6.07, 6.45) is 0. The van der Waals surface area contributed by atoms with Gasteiger partial charge in [0.25, 0.3) is 5.91 Å². The van der Waals surface area contributed by atoms with Gasteiger partial charge in [-0.25, -0.2) is 0 Å². The molecule has 1 aliphatic heterocycles. The average Bonchev–Trinajstić information content (AvgIpc) is 3.23. The number of amides is 1. The lowest BCUT2D eigenvalue weighted by Crippen LogP contribution is -2.29. The Balaban J connectivity index is 1.60. The zero-order valence-corrected chi connectivity index (χ0v) is 14.2. The number of rotatable bonds is 4. The number of para-hydroxylation sites is 2. The fourth-order valence-electron chi connectivity index (χ4n) is 2.53. The second-order valence-electron chi connectivity index (χ2n) is 5.43. The summed E-state index contributed by atoms with van der Waals surface area (Å²) in [5, 5.41) is 17.8. The summed E-state index contributed by atoms with van der Waals surface area (Å²) in [6, 6.07) is 18.9. The average molecular weight is 350 g/mol. The highest BCUT2D eigenvalue weighted by Gasteiger charge is 2.36. The molecule has 0 bridgehead atoms. The first-order valence-electron chi connectivity index (χ1n) is 7.68. The van der Waals surface area contributed by atoms with Crippen molar-refractivity contribution in [1.82, 2.24) is 20.2 Å². The zero-order chi connectivity index (χ0) is 17.2. The molecule has 8 heteroatoms. The molecule has 4 rings (SSSR count). The Morgan fingerprint density at radius 1 is 0.960 bits per heavy atom. The third-order valence-electron chi connectivity index (χ3n) is 3.74. The molecule has 3 aromatic rings. The Labute approximate surface area is 148 Å². The maximum absolute atomic E-state index is 12.8. The van der Waals surface area contributed by atoms with Crippen molar-refractivity contribution in [2.45, 2.75) is 17.3 Å². The van der Waals surface area contributed by atoms with Crippen molar-refractivity contribution in [2.24, 2.45) is 5.10 Å². The van der Waals surface area contributed by atoms with Gasteiger partial charge < -0.3 is 0 Å². The summed E-state index contributed by atoms with van der Waals surface area (Å²) in [6.45, 7) is 1.84. The highest BCUT2D eigenvalue weighted by molar-refractivity contribution is 8.01. The fourth-order valence-corrected chi connectivity index (χ4v) is 3.48. The summed E-state index contributed by atoms with van der Waals surface area (Å²) in [5.74, 6) is -0.101. The normalized spacial score (nSPS) is 17.0. The van der Waals surface area contributed by atoms with Gasteiger partial charge in [0.2, 0.25) is 5.16 Å². The van der Waals surface area contributed by atoms with Crippen molar-refractivity contribution in [3.05, 3.63) is 60.7 Å². The fraction of sp³-hybridized carbons (Fsp3) is 0.118. The van der Waals surface area contributed by atoms with Crippen LogP contribution in [0.3, 0.4) is 0 Å². The molecule has 0 saturated carbocycles. The number of carbonyl (C=O) groups is 1. The number of hydrogen-bond donors (Lipinski definition) is 0. The van der Waals surface area contributed by atoms with E-state index in [2.05, 4.69) is 20.6 Å². The molecule has 25 heavy (non-hydrogen) atoms. The van der Waals surface area contributed by atoms with Gasteiger partial charge in [0.1, 0.15) is 5.25 Å². The van der Waals surface area contributed by atoms with E-state index in [0.29, 0.717) is 5.16 Å². The van der Waals surface area contributed by atoms with Crippen LogP contribution >= 0.6 is 11.8 Å². The maximum Gasteiger partial charge on any atom is 0.266 e. The van der Waals surface area contributed by atoms with Crippen LogP contribution in [0.2, 0.25) is 0 Å². The number of tetrazole rings is 1. The molecule has 1 atom stereocenters. The van der Waals surface area contributed by atoms with E-state index in [4.69, 9.17) is 0 Å². The van der Waals surface area contributed by atoms with E-state index in [0.717, 1.165) is 17.1 Å². The van der Waals surface area contributed by atoms with Crippen molar-refractivity contribution >= 4 is 29.1 Å². The predicted molar refractivity (Wildman–Crippen MR) is 95.8 cm³/mol. The minimum atomic E-state index is -0.450. The van der Waals surface area contributed by atoms with Gasteiger partial charge in [-0.1, -0.05) is 48.2 Å². The molecule has 0 unspecified atom stereocenters. The van der Waals surface area contributed by atoms with Crippen molar-refractivity contribution in [3.63, 3.8) is 0 Å². The van der Waals surface area contributed by atoms with Crippen molar-refractivity contribution in [2.75, 3.05) is 5.01 Å². The third-order valence-corrected chi connectivity index (χ3v) is 4.98. The van der Waals surface area contributed by atoms with Gasteiger partial charge in [0.15, 0.2) is 0 Å². The van der Waals surface area contributed by atoms with Crippen molar-refractivity contribution in [1.29, 1.82) is 0 Å². The number of nitrogens with zero attached hydrogens (tertiary/aromatic N) is 6. The largest absolute Gasteiger partial charge is 0.271 e. The monoisotopic (exact) mass is 350 g/mol. The summed E-state index contributed by atoms with van der Waals surface area (Å²) in [7, 11) is 0. The first-order valence-corrected chi connectivity index (χ1v) is 8.56. The summed E-state index contributed by atoms with van der Waals surface area (Å²) >= 11 is 1.30. The Morgan fingerprint density at radius 2 is 1.60 bits per heavy atom. The van der Waals surface area contributed by atoms with Crippen molar-refractivity contribution in [3.8, 4) is 5.69 Å². The van der Waals surface area contributed by atoms with Crippen LogP contribution in [0.4, 0.5) is 5.69 Å². The molecule has 2 heterocycles. The van der Waals surface area contributed by atoms with Crippen LogP contribution in [0.25, 0.3) is 5.69 Å². The highest BCUT2D eigenvalue weighted by Crippen LogP contribution is 2.31. The molecule has 0 saturated heterocycles. The first-order chi connectivity index (χ1) is 12.2. The van der Waals surface area contributed by atoms with E-state index in [9.17, 15) is 4.79 Å². The van der Waals surface area contributed by atoms with Gasteiger partial charge in [0, 0.05) is 0 Å². The van der Waals surface area contributed by atoms with Gasteiger partial charge >= 0.3 is 0 Å². The number of benzene rings is 2. The van der Waals surface area contributed by atoms with Gasteiger partial charge in [0.05, 0.1) is 17.1 Å². The number of hydrazone groups is 1. The van der Waals surface area contributed by atoms with E-state index in [1.807, 2.05) is 67.6 Å². The summed E-state index contributed by atoms with van der Waals surface area (Å²) in [4.78, 5) is 12.8. The van der Waals surface area contributed by atoms with Crippen LogP contribution in [0, 0.1) is 0 Å². The van der Waals surface area contributed by atoms with Crippen LogP contribution in [0.15, 0.2) is 70.9 Å². The second-order valence-corrected chi connectivity index (χ2v) is 6.51. The number of thioether (sulfide) groups is 1. The second kappa shape index (κ2) is 6.48. The third kappa shape index (κ3) is 2.91. The maximum atomic E-state index is 12.8. The molecule has 0 spiro atoms. The molecule has 0 radical (unpaired) electrons. The van der Waals surface area contributed by atoms with Gasteiger partial charge in [-0.3, -0.25) is 4.79 Å². The van der Waals surface area contributed by atoms with E-state index in [-0.39, 0.29) is 5.91 Å². The molecule has 0 aliphatic carbocycles. The first kappa shape index (κ1) is 15.5. The Bertz CT molecular complexity index is 925. The van der Waals surface area contributed by atoms with Crippen LogP contribution in [0.1, 0.15) is 6.92 Å². The Morgan fingerprint density at radius 3 is 2.28 bits per heavy atom. The van der Waals surface area contributed by atoms with Crippen LogP contribution in [0.5, 0.6) is 0 Å². The molecule has 1 amide bonds. The zero-order valence-electron chi connectivity index (χ0n) is 13.4. The quantitative estimate of drug-likeness (QED) is 0.723. The van der Waals surface area contributed by atoms with Crippen LogP contribution in [-0.4, -0.2) is 37.1 Å². The van der Waals surface area contributed by atoms with Crippen LogP contribution in [-0.2, 0) is 4.79 Å². The highest BCUT2D eigenvalue weighted by atomic mass is 32.2. The van der Waals surface area contributed by atoms with E-state index in [1.54, 1.807) is 4.68 Å². The smallest absolute Gasteiger partial charge is 0.266 e. The lowest BCUT2D eigenvalue weighted by molar-refractivity contribution is -0.116. The molecule has 1 aliphatic rings. The molecule has 2 aromatic carbocycles. The van der Waals surface area contributed by atoms with Crippen molar-refractivity contribution < 1.29 is 4.79 Å². The molecule has 0 fully saturated rings. The summed E-state index contributed by atoms with van der Waals surface area (Å²) < 4.78 is 1.62. The number of anilines is 1. The van der Waals surface area contributed by atoms with Gasteiger partial charge in [-0.15, -0.1) is 5.10 Å². The minimum Gasteiger partial charge on any atom is -0.271 e. The van der Waals surface area contributed by atoms with Gasteiger partial charge in [-0.2, -0.15) is 14.8 Å². The number of hydrogen-bond acceptors (Lipinski definition) is 6. The topological polar surface area (TPSA) is 76.3 Å². The molecule has 124 valence electrons. The Kier molecular flexibility index (Phi) is 4.02. The Hall–Kier alpha value is -3.00. The summed E-state index contributed by atoms with van der Waals surface area (Å²) in [5.41, 5.74) is 2.31. The molecular weight excluding hydrogens is 336 g/mol. The van der Waals surface area contributed by atoms with Crippen LogP contribution < -0.4 is 5.01 Å². The number of carbonyl (C=O) groups excluding carboxylic acids is 1.